The van der Waals surface area contributed by atoms with Gasteiger partial charge in [-0.25, -0.2) is 13.5 Å². The molecule has 0 bridgehead atoms. The van der Waals surface area contributed by atoms with Gasteiger partial charge in [-0.2, -0.15) is 5.10 Å². The molecule has 1 fully saturated rings. The Kier molecular flexibility index (Phi) is 7.10. The maximum atomic E-state index is 13.6. The lowest BCUT2D eigenvalue weighted by atomic mass is 10.1. The number of carbonyl (C=O) groups excluding carboxylic acids is 1. The maximum absolute atomic E-state index is 13.6. The summed E-state index contributed by atoms with van der Waals surface area (Å²) >= 11 is 6.20. The number of nitrogens with zero attached hydrogens (tertiary/aromatic N) is 4. The molecule has 1 aromatic heterocycles. The van der Waals surface area contributed by atoms with Crippen LogP contribution in [0.5, 0.6) is 5.75 Å². The number of hydrogen-bond acceptors (Lipinski definition) is 4. The van der Waals surface area contributed by atoms with Gasteiger partial charge in [0.1, 0.15) is 18.2 Å². The van der Waals surface area contributed by atoms with Crippen molar-refractivity contribution in [1.29, 1.82) is 0 Å². The SMILES string of the molecule is Cc1ccc(Cl)cc1N1CCN(C(=O)c2nn(-c3ccc(F)cc3)cc2OCc2ccc(F)cc2)CC1. The van der Waals surface area contributed by atoms with Gasteiger partial charge < -0.3 is 14.5 Å². The van der Waals surface area contributed by atoms with Crippen molar-refractivity contribution >= 4 is 23.2 Å². The van der Waals surface area contributed by atoms with Crippen LogP contribution in [-0.4, -0.2) is 46.8 Å². The smallest absolute Gasteiger partial charge is 0.278 e. The molecule has 4 aromatic rings. The van der Waals surface area contributed by atoms with Crippen molar-refractivity contribution in [3.05, 3.63) is 106 Å². The second-order valence-corrected chi connectivity index (χ2v) is 9.32. The predicted molar refractivity (Wildman–Crippen MR) is 139 cm³/mol. The largest absolute Gasteiger partial charge is 0.485 e. The Morgan fingerprint density at radius 2 is 1.59 bits per heavy atom. The molecule has 37 heavy (non-hydrogen) atoms. The van der Waals surface area contributed by atoms with Crippen molar-refractivity contribution in [1.82, 2.24) is 14.7 Å². The fourth-order valence-electron chi connectivity index (χ4n) is 4.30. The molecule has 1 saturated heterocycles. The van der Waals surface area contributed by atoms with E-state index in [1.807, 2.05) is 25.1 Å². The van der Waals surface area contributed by atoms with Gasteiger partial charge in [-0.1, -0.05) is 29.8 Å². The van der Waals surface area contributed by atoms with Gasteiger partial charge in [0, 0.05) is 36.9 Å². The minimum absolute atomic E-state index is 0.136. The molecule has 0 aliphatic carbocycles. The van der Waals surface area contributed by atoms with Crippen LogP contribution in [0.15, 0.2) is 72.9 Å². The number of halogens is 3. The molecule has 0 unspecified atom stereocenters. The molecule has 0 N–H and O–H groups in total. The standard InChI is InChI=1S/C28H25ClF2N4O2/c1-19-2-5-21(29)16-25(19)33-12-14-34(15-13-33)28(36)27-26(37-18-20-3-6-22(30)7-4-20)17-35(32-27)24-10-8-23(31)9-11-24/h2-11,16-17H,12-15,18H2,1H3. The fourth-order valence-corrected chi connectivity index (χ4v) is 4.47. The summed E-state index contributed by atoms with van der Waals surface area (Å²) in [5.41, 5.74) is 3.69. The highest BCUT2D eigenvalue weighted by atomic mass is 35.5. The minimum Gasteiger partial charge on any atom is -0.485 e. The van der Waals surface area contributed by atoms with Crippen molar-refractivity contribution in [2.75, 3.05) is 31.1 Å². The van der Waals surface area contributed by atoms with Crippen LogP contribution in [-0.2, 0) is 6.61 Å². The van der Waals surface area contributed by atoms with Gasteiger partial charge in [0.25, 0.3) is 5.91 Å². The summed E-state index contributed by atoms with van der Waals surface area (Å²) in [6, 6.07) is 17.6. The van der Waals surface area contributed by atoms with Crippen LogP contribution < -0.4 is 9.64 Å². The van der Waals surface area contributed by atoms with E-state index >= 15 is 0 Å². The first-order valence-electron chi connectivity index (χ1n) is 11.9. The molecule has 0 saturated carbocycles. The van der Waals surface area contributed by atoms with Crippen LogP contribution in [0.25, 0.3) is 5.69 Å². The van der Waals surface area contributed by atoms with Crippen LogP contribution >= 0.6 is 11.6 Å². The maximum Gasteiger partial charge on any atom is 0.278 e. The number of rotatable bonds is 6. The number of ether oxygens (including phenoxy) is 1. The molecular weight excluding hydrogens is 498 g/mol. The molecule has 1 aliphatic rings. The lowest BCUT2D eigenvalue weighted by molar-refractivity contribution is 0.0735. The normalized spacial score (nSPS) is 13.6. The summed E-state index contributed by atoms with van der Waals surface area (Å²) in [5, 5.41) is 5.18. The Bertz CT molecular complexity index is 1400. The number of benzene rings is 3. The number of amides is 1. The molecule has 5 rings (SSSR count). The molecular formula is C28H25ClF2N4O2. The average Bonchev–Trinajstić information content (AvgIpc) is 3.34. The molecule has 0 atom stereocenters. The van der Waals surface area contributed by atoms with Crippen LogP contribution in [0.1, 0.15) is 21.6 Å². The van der Waals surface area contributed by atoms with E-state index < -0.39 is 0 Å². The summed E-state index contributed by atoms with van der Waals surface area (Å²) in [6.07, 6.45) is 1.61. The summed E-state index contributed by atoms with van der Waals surface area (Å²) in [4.78, 5) is 17.5. The van der Waals surface area contributed by atoms with Crippen molar-refractivity contribution < 1.29 is 18.3 Å². The number of carbonyl (C=O) groups is 1. The van der Waals surface area contributed by atoms with Crippen molar-refractivity contribution in [2.24, 2.45) is 0 Å². The van der Waals surface area contributed by atoms with Crippen molar-refractivity contribution in [3.63, 3.8) is 0 Å². The highest BCUT2D eigenvalue weighted by Gasteiger charge is 2.28. The number of anilines is 1. The van der Waals surface area contributed by atoms with Gasteiger partial charge >= 0.3 is 0 Å². The van der Waals surface area contributed by atoms with Crippen LogP contribution in [0.4, 0.5) is 14.5 Å². The highest BCUT2D eigenvalue weighted by molar-refractivity contribution is 6.30. The summed E-state index contributed by atoms with van der Waals surface area (Å²) in [7, 11) is 0. The zero-order valence-electron chi connectivity index (χ0n) is 20.2. The first kappa shape index (κ1) is 24.8. The minimum atomic E-state index is -0.368. The Hall–Kier alpha value is -3.91. The zero-order valence-corrected chi connectivity index (χ0v) is 21.0. The number of aryl methyl sites for hydroxylation is 1. The third-order valence-corrected chi connectivity index (χ3v) is 6.60. The first-order valence-corrected chi connectivity index (χ1v) is 12.3. The number of aromatic nitrogens is 2. The summed E-state index contributed by atoms with van der Waals surface area (Å²) in [5.74, 6) is -0.659. The lowest BCUT2D eigenvalue weighted by Crippen LogP contribution is -2.49. The van der Waals surface area contributed by atoms with E-state index in [1.54, 1.807) is 35.4 Å². The molecule has 6 nitrogen and oxygen atoms in total. The molecule has 190 valence electrons. The van der Waals surface area contributed by atoms with Gasteiger partial charge in [0.15, 0.2) is 11.4 Å². The van der Waals surface area contributed by atoms with Gasteiger partial charge in [-0.15, -0.1) is 0 Å². The monoisotopic (exact) mass is 522 g/mol. The molecule has 0 spiro atoms. The van der Waals surface area contributed by atoms with Gasteiger partial charge in [-0.3, -0.25) is 4.79 Å². The third kappa shape index (κ3) is 5.59. The fraction of sp³-hybridized carbons (Fsp3) is 0.214. The Morgan fingerprint density at radius 3 is 2.27 bits per heavy atom. The summed E-state index contributed by atoms with van der Waals surface area (Å²) < 4.78 is 34.2. The Labute approximate surface area is 218 Å². The molecule has 3 aromatic carbocycles. The van der Waals surface area contributed by atoms with Gasteiger partial charge in [0.05, 0.1) is 11.9 Å². The highest BCUT2D eigenvalue weighted by Crippen LogP contribution is 2.27. The van der Waals surface area contributed by atoms with Crippen molar-refractivity contribution in [2.45, 2.75) is 13.5 Å². The average molecular weight is 523 g/mol. The van der Waals surface area contributed by atoms with E-state index in [9.17, 15) is 13.6 Å². The van der Waals surface area contributed by atoms with Crippen molar-refractivity contribution in [3.8, 4) is 11.4 Å². The van der Waals surface area contributed by atoms with E-state index in [0.29, 0.717) is 42.6 Å². The molecule has 9 heteroatoms. The first-order chi connectivity index (χ1) is 17.9. The van der Waals surface area contributed by atoms with Gasteiger partial charge in [-0.05, 0) is 66.6 Å². The number of hydrogen-bond donors (Lipinski definition) is 0. The van der Waals surface area contributed by atoms with Crippen LogP contribution in [0.2, 0.25) is 5.02 Å². The Morgan fingerprint density at radius 1 is 0.946 bits per heavy atom. The number of piperazine rings is 1. The molecule has 1 aliphatic heterocycles. The van der Waals surface area contributed by atoms with E-state index in [4.69, 9.17) is 16.3 Å². The topological polar surface area (TPSA) is 50.6 Å². The van der Waals surface area contributed by atoms with E-state index in [1.165, 1.54) is 28.9 Å². The Balaban J connectivity index is 1.36. The second-order valence-electron chi connectivity index (χ2n) is 8.89. The lowest BCUT2D eigenvalue weighted by Gasteiger charge is -2.36. The molecule has 0 radical (unpaired) electrons. The van der Waals surface area contributed by atoms with Crippen LogP contribution in [0, 0.1) is 18.6 Å². The zero-order chi connectivity index (χ0) is 25.9. The molecule has 1 amide bonds. The quantitative estimate of drug-likeness (QED) is 0.328. The van der Waals surface area contributed by atoms with E-state index in [0.717, 1.165) is 16.8 Å². The molecule has 2 heterocycles. The third-order valence-electron chi connectivity index (χ3n) is 6.36. The predicted octanol–water partition coefficient (Wildman–Crippen LogP) is 5.65. The second kappa shape index (κ2) is 10.6. The van der Waals surface area contributed by atoms with E-state index in [2.05, 4.69) is 10.00 Å². The summed E-state index contributed by atoms with van der Waals surface area (Å²) in [6.45, 7) is 4.49. The van der Waals surface area contributed by atoms with Crippen LogP contribution in [0.3, 0.4) is 0 Å². The van der Waals surface area contributed by atoms with E-state index in [-0.39, 0.29) is 29.8 Å². The van der Waals surface area contributed by atoms with Gasteiger partial charge in [0.2, 0.25) is 0 Å².